The molecule has 146 valence electrons. The van der Waals surface area contributed by atoms with Gasteiger partial charge in [-0.25, -0.2) is 8.42 Å². The monoisotopic (exact) mass is 380 g/mol. The summed E-state index contributed by atoms with van der Waals surface area (Å²) in [7, 11) is -3.39. The Hall–Kier alpha value is -0.950. The molecule has 0 spiro atoms. The van der Waals surface area contributed by atoms with Crippen LogP contribution in [0.3, 0.4) is 0 Å². The van der Waals surface area contributed by atoms with E-state index in [1.807, 2.05) is 12.1 Å². The van der Waals surface area contributed by atoms with Crippen molar-refractivity contribution in [3.05, 3.63) is 29.8 Å². The summed E-state index contributed by atoms with van der Waals surface area (Å²) in [5, 5.41) is 3.54. The lowest BCUT2D eigenvalue weighted by molar-refractivity contribution is 0.0730. The van der Waals surface area contributed by atoms with Crippen LogP contribution in [0.25, 0.3) is 0 Å². The Kier molecular flexibility index (Phi) is 6.38. The number of sulfonamides is 1. The van der Waals surface area contributed by atoms with Crippen LogP contribution in [0.5, 0.6) is 0 Å². The molecule has 3 rings (SSSR count). The summed E-state index contributed by atoms with van der Waals surface area (Å²) in [5.74, 6) is 0.768. The summed E-state index contributed by atoms with van der Waals surface area (Å²) in [5.41, 5.74) is 1.64. The van der Waals surface area contributed by atoms with Crippen molar-refractivity contribution in [1.82, 2.24) is 9.62 Å². The topological polar surface area (TPSA) is 58.6 Å². The zero-order valence-electron chi connectivity index (χ0n) is 16.0. The van der Waals surface area contributed by atoms with E-state index in [0.717, 1.165) is 24.6 Å². The van der Waals surface area contributed by atoms with Gasteiger partial charge in [-0.2, -0.15) is 4.31 Å². The molecule has 1 saturated carbocycles. The predicted octanol–water partition coefficient (Wildman–Crippen LogP) is 3.01. The van der Waals surface area contributed by atoms with E-state index in [2.05, 4.69) is 19.2 Å². The van der Waals surface area contributed by atoms with Crippen LogP contribution in [0.2, 0.25) is 0 Å². The Morgan fingerprint density at radius 1 is 1.12 bits per heavy atom. The molecule has 6 heteroatoms. The van der Waals surface area contributed by atoms with Crippen LogP contribution in [0.4, 0.5) is 0 Å². The first-order valence-corrected chi connectivity index (χ1v) is 11.2. The van der Waals surface area contributed by atoms with Gasteiger partial charge in [-0.3, -0.25) is 0 Å². The largest absolute Gasteiger partial charge is 0.379 e. The van der Waals surface area contributed by atoms with Gasteiger partial charge < -0.3 is 10.1 Å². The van der Waals surface area contributed by atoms with Crippen molar-refractivity contribution < 1.29 is 13.2 Å². The van der Waals surface area contributed by atoms with E-state index >= 15 is 0 Å². The van der Waals surface area contributed by atoms with Crippen molar-refractivity contribution in [1.29, 1.82) is 0 Å². The molecule has 0 amide bonds. The second-order valence-corrected chi connectivity index (χ2v) is 10.3. The van der Waals surface area contributed by atoms with Crippen LogP contribution < -0.4 is 5.32 Å². The highest BCUT2D eigenvalue weighted by Crippen LogP contribution is 2.37. The lowest BCUT2D eigenvalue weighted by Crippen LogP contribution is -2.40. The Morgan fingerprint density at radius 3 is 2.35 bits per heavy atom. The molecular weight excluding hydrogens is 348 g/mol. The SMILES string of the molecule is CC1(C)CCC(CNCc2ccc(S(=O)(=O)N3CCOCC3)cc2)CC1. The van der Waals surface area contributed by atoms with Crippen molar-refractivity contribution in [2.45, 2.75) is 51.0 Å². The van der Waals surface area contributed by atoms with Gasteiger partial charge in [0.2, 0.25) is 10.0 Å². The number of rotatable bonds is 6. The van der Waals surface area contributed by atoms with Gasteiger partial charge in [0.1, 0.15) is 0 Å². The third-order valence-electron chi connectivity index (χ3n) is 5.75. The molecule has 0 atom stereocenters. The number of nitrogens with one attached hydrogen (secondary N) is 1. The minimum Gasteiger partial charge on any atom is -0.379 e. The van der Waals surface area contributed by atoms with E-state index in [1.54, 1.807) is 12.1 Å². The fourth-order valence-electron chi connectivity index (χ4n) is 3.80. The minimum atomic E-state index is -3.39. The predicted molar refractivity (Wildman–Crippen MR) is 103 cm³/mol. The molecule has 2 fully saturated rings. The average Bonchev–Trinajstić information content (AvgIpc) is 2.64. The van der Waals surface area contributed by atoms with Crippen molar-refractivity contribution >= 4 is 10.0 Å². The van der Waals surface area contributed by atoms with Crippen molar-refractivity contribution in [2.75, 3.05) is 32.8 Å². The van der Waals surface area contributed by atoms with Gasteiger partial charge in [0, 0.05) is 19.6 Å². The van der Waals surface area contributed by atoms with Crippen LogP contribution in [0.1, 0.15) is 45.1 Å². The average molecular weight is 381 g/mol. The highest BCUT2D eigenvalue weighted by Gasteiger charge is 2.27. The lowest BCUT2D eigenvalue weighted by atomic mass is 9.73. The number of hydrogen-bond donors (Lipinski definition) is 1. The molecule has 0 radical (unpaired) electrons. The number of hydrogen-bond acceptors (Lipinski definition) is 4. The maximum absolute atomic E-state index is 12.6. The molecule has 1 aliphatic heterocycles. The molecule has 26 heavy (non-hydrogen) atoms. The standard InChI is InChI=1S/C20H32N2O3S/c1-20(2)9-7-18(8-10-20)16-21-15-17-3-5-19(6-4-17)26(23,24)22-11-13-25-14-12-22/h3-6,18,21H,7-16H2,1-2H3. The normalized spacial score (nSPS) is 22.4. The molecular formula is C20H32N2O3S. The van der Waals surface area contributed by atoms with E-state index in [9.17, 15) is 8.42 Å². The lowest BCUT2D eigenvalue weighted by Gasteiger charge is -2.34. The number of ether oxygens (including phenoxy) is 1. The summed E-state index contributed by atoms with van der Waals surface area (Å²) in [6, 6.07) is 7.30. The van der Waals surface area contributed by atoms with E-state index in [-0.39, 0.29) is 0 Å². The molecule has 1 aromatic carbocycles. The zero-order chi connectivity index (χ0) is 18.6. The summed E-state index contributed by atoms with van der Waals surface area (Å²) < 4.78 is 32.0. The summed E-state index contributed by atoms with van der Waals surface area (Å²) in [6.07, 6.45) is 5.23. The van der Waals surface area contributed by atoms with Gasteiger partial charge >= 0.3 is 0 Å². The van der Waals surface area contributed by atoms with Crippen LogP contribution in [-0.2, 0) is 21.3 Å². The van der Waals surface area contributed by atoms with Crippen LogP contribution in [-0.4, -0.2) is 45.6 Å². The molecule has 1 heterocycles. The number of benzene rings is 1. The second kappa shape index (κ2) is 8.38. The quantitative estimate of drug-likeness (QED) is 0.824. The fraction of sp³-hybridized carbons (Fsp3) is 0.700. The van der Waals surface area contributed by atoms with Gasteiger partial charge in [0.05, 0.1) is 18.1 Å². The Balaban J connectivity index is 1.48. The summed E-state index contributed by atoms with van der Waals surface area (Å²) in [6.45, 7) is 8.38. The van der Waals surface area contributed by atoms with Crippen LogP contribution >= 0.6 is 0 Å². The minimum absolute atomic E-state index is 0.373. The van der Waals surface area contributed by atoms with E-state index < -0.39 is 10.0 Å². The highest BCUT2D eigenvalue weighted by molar-refractivity contribution is 7.89. The maximum Gasteiger partial charge on any atom is 0.243 e. The molecule has 0 bridgehead atoms. The first-order valence-electron chi connectivity index (χ1n) is 9.74. The smallest absolute Gasteiger partial charge is 0.243 e. The molecule has 1 aromatic rings. The molecule has 1 aliphatic carbocycles. The van der Waals surface area contributed by atoms with Gasteiger partial charge in [-0.05, 0) is 61.3 Å². The summed E-state index contributed by atoms with van der Waals surface area (Å²) in [4.78, 5) is 0.373. The Morgan fingerprint density at radius 2 is 1.73 bits per heavy atom. The molecule has 0 unspecified atom stereocenters. The molecule has 2 aliphatic rings. The van der Waals surface area contributed by atoms with Crippen LogP contribution in [0.15, 0.2) is 29.2 Å². The first-order chi connectivity index (χ1) is 12.4. The van der Waals surface area contributed by atoms with Gasteiger partial charge in [-0.15, -0.1) is 0 Å². The van der Waals surface area contributed by atoms with Gasteiger partial charge in [0.25, 0.3) is 0 Å². The molecule has 5 nitrogen and oxygen atoms in total. The van der Waals surface area contributed by atoms with E-state index in [1.165, 1.54) is 30.0 Å². The van der Waals surface area contributed by atoms with Crippen molar-refractivity contribution in [3.8, 4) is 0 Å². The number of nitrogens with zero attached hydrogens (tertiary/aromatic N) is 1. The van der Waals surface area contributed by atoms with Gasteiger partial charge in [-0.1, -0.05) is 26.0 Å². The Bertz CT molecular complexity index is 670. The summed E-state index contributed by atoms with van der Waals surface area (Å²) >= 11 is 0. The third-order valence-corrected chi connectivity index (χ3v) is 7.66. The zero-order valence-corrected chi connectivity index (χ0v) is 16.9. The second-order valence-electron chi connectivity index (χ2n) is 8.40. The molecule has 1 saturated heterocycles. The van der Waals surface area contributed by atoms with E-state index in [4.69, 9.17) is 4.74 Å². The maximum atomic E-state index is 12.6. The molecule has 0 aromatic heterocycles. The Labute approximate surface area is 158 Å². The van der Waals surface area contributed by atoms with E-state index in [0.29, 0.717) is 36.6 Å². The highest BCUT2D eigenvalue weighted by atomic mass is 32.2. The first kappa shape index (κ1) is 19.8. The van der Waals surface area contributed by atoms with Crippen LogP contribution in [0, 0.1) is 11.3 Å². The van der Waals surface area contributed by atoms with Gasteiger partial charge in [0.15, 0.2) is 0 Å². The molecule has 1 N–H and O–H groups in total. The fourth-order valence-corrected chi connectivity index (χ4v) is 5.21. The van der Waals surface area contributed by atoms with Crippen molar-refractivity contribution in [3.63, 3.8) is 0 Å². The number of morpholine rings is 1. The van der Waals surface area contributed by atoms with Crippen molar-refractivity contribution in [2.24, 2.45) is 11.3 Å². The third kappa shape index (κ3) is 5.06.